The van der Waals surface area contributed by atoms with Gasteiger partial charge in [0, 0.05) is 31.2 Å². The number of rotatable bonds is 2. The Hall–Kier alpha value is -1.64. The van der Waals surface area contributed by atoms with Gasteiger partial charge in [0.1, 0.15) is 5.82 Å². The van der Waals surface area contributed by atoms with Crippen LogP contribution in [0.15, 0.2) is 18.2 Å². The Morgan fingerprint density at radius 2 is 2.05 bits per heavy atom. The van der Waals surface area contributed by atoms with E-state index in [0.29, 0.717) is 31.2 Å². The average molecular weight is 296 g/mol. The smallest absolute Gasteiger partial charge is 0.256 e. The van der Waals surface area contributed by atoms with Gasteiger partial charge < -0.3 is 4.90 Å². The fourth-order valence-corrected chi connectivity index (χ4v) is 2.40. The maximum atomic E-state index is 13.7. The number of halogens is 2. The summed E-state index contributed by atoms with van der Waals surface area (Å²) < 4.78 is 13.7. The molecule has 1 aliphatic rings. The largest absolute Gasteiger partial charge is 0.336 e. The summed E-state index contributed by atoms with van der Waals surface area (Å²) in [7, 11) is 0. The molecule has 0 radical (unpaired) electrons. The number of carbonyl (C=O) groups excluding carboxylic acids is 1. The molecule has 0 N–H and O–H groups in total. The fraction of sp³-hybridized carbons (Fsp3) is 0.429. The van der Waals surface area contributed by atoms with Crippen molar-refractivity contribution in [2.45, 2.75) is 13.0 Å². The number of carbonyl (C=O) groups is 1. The van der Waals surface area contributed by atoms with Crippen molar-refractivity contribution in [3.05, 3.63) is 34.6 Å². The number of hydrogen-bond donors (Lipinski definition) is 0. The number of benzene rings is 1. The van der Waals surface area contributed by atoms with E-state index in [4.69, 9.17) is 16.9 Å². The lowest BCUT2D eigenvalue weighted by Crippen LogP contribution is -2.51. The monoisotopic (exact) mass is 295 g/mol. The van der Waals surface area contributed by atoms with E-state index in [0.717, 1.165) is 0 Å². The Balaban J connectivity index is 2.05. The lowest BCUT2D eigenvalue weighted by atomic mass is 10.1. The minimum Gasteiger partial charge on any atom is -0.336 e. The first-order valence-corrected chi connectivity index (χ1v) is 6.78. The van der Waals surface area contributed by atoms with Gasteiger partial charge in [-0.1, -0.05) is 11.6 Å². The van der Waals surface area contributed by atoms with Gasteiger partial charge >= 0.3 is 0 Å². The first kappa shape index (κ1) is 14.8. The highest BCUT2D eigenvalue weighted by atomic mass is 35.5. The minimum absolute atomic E-state index is 0.000665. The number of nitrogens with zero attached hydrogens (tertiary/aromatic N) is 3. The molecule has 0 saturated carbocycles. The van der Waals surface area contributed by atoms with E-state index < -0.39 is 5.82 Å². The van der Waals surface area contributed by atoms with Crippen molar-refractivity contribution in [3.8, 4) is 6.07 Å². The molecule has 0 aliphatic carbocycles. The zero-order valence-corrected chi connectivity index (χ0v) is 11.9. The molecular formula is C14H15ClFN3O. The predicted octanol–water partition coefficient (Wildman–Crippen LogP) is 2.15. The summed E-state index contributed by atoms with van der Waals surface area (Å²) >= 11 is 5.80. The summed E-state index contributed by atoms with van der Waals surface area (Å²) in [4.78, 5) is 15.9. The topological polar surface area (TPSA) is 47.3 Å². The molecule has 0 aromatic heterocycles. The van der Waals surface area contributed by atoms with Gasteiger partial charge in [0.05, 0.1) is 17.7 Å². The molecule has 4 nitrogen and oxygen atoms in total. The minimum atomic E-state index is -0.563. The SMILES string of the molecule is CC(C#N)N1CCN(C(=O)c2cc(Cl)ccc2F)CC1. The Morgan fingerprint density at radius 3 is 2.65 bits per heavy atom. The second-order valence-electron chi connectivity index (χ2n) is 4.76. The zero-order chi connectivity index (χ0) is 14.7. The zero-order valence-electron chi connectivity index (χ0n) is 11.1. The maximum absolute atomic E-state index is 13.7. The van der Waals surface area contributed by atoms with Gasteiger partial charge in [0.2, 0.25) is 0 Å². The van der Waals surface area contributed by atoms with E-state index in [1.807, 2.05) is 11.8 Å². The quantitative estimate of drug-likeness (QED) is 0.840. The number of amides is 1. The lowest BCUT2D eigenvalue weighted by molar-refractivity contribution is 0.0611. The standard InChI is InChI=1S/C14H15ClFN3O/c1-10(9-17)18-4-6-19(7-5-18)14(20)12-8-11(15)2-3-13(12)16/h2-3,8,10H,4-7H2,1H3. The molecule has 1 aromatic carbocycles. The van der Waals surface area contributed by atoms with Crippen LogP contribution in [0.4, 0.5) is 4.39 Å². The van der Waals surface area contributed by atoms with Gasteiger partial charge in [-0.25, -0.2) is 4.39 Å². The Bertz CT molecular complexity index is 550. The Labute approximate surface area is 122 Å². The third-order valence-corrected chi connectivity index (χ3v) is 3.73. The molecule has 1 saturated heterocycles. The Kier molecular flexibility index (Phi) is 4.58. The van der Waals surface area contributed by atoms with Crippen molar-refractivity contribution in [1.82, 2.24) is 9.80 Å². The van der Waals surface area contributed by atoms with Crippen LogP contribution < -0.4 is 0 Å². The van der Waals surface area contributed by atoms with E-state index in [2.05, 4.69) is 6.07 Å². The highest BCUT2D eigenvalue weighted by Gasteiger charge is 2.26. The van der Waals surface area contributed by atoms with E-state index in [1.165, 1.54) is 18.2 Å². The second-order valence-corrected chi connectivity index (χ2v) is 5.19. The van der Waals surface area contributed by atoms with Crippen molar-refractivity contribution in [2.24, 2.45) is 0 Å². The van der Waals surface area contributed by atoms with Gasteiger partial charge in [0.25, 0.3) is 5.91 Å². The van der Waals surface area contributed by atoms with Crippen LogP contribution in [0.2, 0.25) is 5.02 Å². The summed E-state index contributed by atoms with van der Waals surface area (Å²) in [5, 5.41) is 9.21. The molecule has 1 amide bonds. The highest BCUT2D eigenvalue weighted by molar-refractivity contribution is 6.31. The first-order chi connectivity index (χ1) is 9.52. The third kappa shape index (κ3) is 3.09. The normalized spacial score (nSPS) is 17.6. The maximum Gasteiger partial charge on any atom is 0.256 e. The van der Waals surface area contributed by atoms with E-state index in [-0.39, 0.29) is 17.5 Å². The van der Waals surface area contributed by atoms with Crippen molar-refractivity contribution in [3.63, 3.8) is 0 Å². The molecule has 1 aromatic rings. The number of nitriles is 1. The molecule has 1 unspecified atom stereocenters. The van der Waals surface area contributed by atoms with E-state index in [1.54, 1.807) is 4.90 Å². The van der Waals surface area contributed by atoms with Gasteiger partial charge in [0.15, 0.2) is 0 Å². The molecule has 6 heteroatoms. The van der Waals surface area contributed by atoms with Crippen LogP contribution in [0.1, 0.15) is 17.3 Å². The van der Waals surface area contributed by atoms with E-state index in [9.17, 15) is 9.18 Å². The van der Waals surface area contributed by atoms with Crippen LogP contribution >= 0.6 is 11.6 Å². The van der Waals surface area contributed by atoms with E-state index >= 15 is 0 Å². The molecule has 2 rings (SSSR count). The fourth-order valence-electron chi connectivity index (χ4n) is 2.23. The first-order valence-electron chi connectivity index (χ1n) is 6.41. The summed E-state index contributed by atoms with van der Waals surface area (Å²) in [5.74, 6) is -0.915. The van der Waals surface area contributed by atoms with Gasteiger partial charge in [-0.05, 0) is 25.1 Å². The molecule has 0 spiro atoms. The third-order valence-electron chi connectivity index (χ3n) is 3.49. The molecule has 1 aliphatic heterocycles. The van der Waals surface area contributed by atoms with Crippen LogP contribution in [0.3, 0.4) is 0 Å². The summed E-state index contributed by atoms with van der Waals surface area (Å²) in [6.07, 6.45) is 0. The van der Waals surface area contributed by atoms with Crippen molar-refractivity contribution in [1.29, 1.82) is 5.26 Å². The molecule has 1 heterocycles. The second kappa shape index (κ2) is 6.21. The lowest BCUT2D eigenvalue weighted by Gasteiger charge is -2.35. The van der Waals surface area contributed by atoms with Crippen LogP contribution in [0.25, 0.3) is 0 Å². The predicted molar refractivity (Wildman–Crippen MR) is 74.0 cm³/mol. The molecule has 1 atom stereocenters. The number of hydrogen-bond acceptors (Lipinski definition) is 3. The number of piperazine rings is 1. The van der Waals surface area contributed by atoms with Crippen LogP contribution in [-0.2, 0) is 0 Å². The molecule has 1 fully saturated rings. The van der Waals surface area contributed by atoms with Gasteiger partial charge in [-0.2, -0.15) is 5.26 Å². The summed E-state index contributed by atoms with van der Waals surface area (Å²) in [6.45, 7) is 4.02. The van der Waals surface area contributed by atoms with Crippen molar-refractivity contribution in [2.75, 3.05) is 26.2 Å². The molecular weight excluding hydrogens is 281 g/mol. The molecule has 106 valence electrons. The summed E-state index contributed by atoms with van der Waals surface area (Å²) in [6, 6.07) is 5.97. The van der Waals surface area contributed by atoms with Gasteiger partial charge in [-0.3, -0.25) is 9.69 Å². The molecule has 0 bridgehead atoms. The summed E-state index contributed by atoms with van der Waals surface area (Å²) in [5.41, 5.74) is -0.000665. The Morgan fingerprint density at radius 1 is 1.40 bits per heavy atom. The highest BCUT2D eigenvalue weighted by Crippen LogP contribution is 2.18. The van der Waals surface area contributed by atoms with Crippen molar-refractivity contribution < 1.29 is 9.18 Å². The van der Waals surface area contributed by atoms with Crippen LogP contribution in [-0.4, -0.2) is 47.9 Å². The van der Waals surface area contributed by atoms with Crippen LogP contribution in [0.5, 0.6) is 0 Å². The van der Waals surface area contributed by atoms with Gasteiger partial charge in [-0.15, -0.1) is 0 Å². The molecule has 20 heavy (non-hydrogen) atoms. The van der Waals surface area contributed by atoms with Crippen molar-refractivity contribution >= 4 is 17.5 Å². The van der Waals surface area contributed by atoms with Crippen LogP contribution in [0, 0.1) is 17.1 Å². The average Bonchev–Trinajstić information content (AvgIpc) is 2.48.